The third kappa shape index (κ3) is 3.62. The molecule has 27 heavy (non-hydrogen) atoms. The molecule has 0 unspecified atom stereocenters. The fraction of sp³-hybridized carbons (Fsp3) is 0.389. The maximum Gasteiger partial charge on any atom is 0.391 e. The molecule has 0 amide bonds. The number of piperidine rings is 1. The molecule has 0 radical (unpaired) electrons. The van der Waals surface area contributed by atoms with Gasteiger partial charge in [-0.3, -0.25) is 0 Å². The molecule has 0 spiro atoms. The van der Waals surface area contributed by atoms with Crippen LogP contribution in [0.5, 0.6) is 0 Å². The Morgan fingerprint density at radius 1 is 1.04 bits per heavy atom. The molecule has 1 aromatic carbocycles. The first-order chi connectivity index (χ1) is 12.8. The Morgan fingerprint density at radius 3 is 2.19 bits per heavy atom. The van der Waals surface area contributed by atoms with Crippen LogP contribution in [0.15, 0.2) is 30.5 Å². The summed E-state index contributed by atoms with van der Waals surface area (Å²) in [5.41, 5.74) is 2.51. The number of alkyl halides is 3. The summed E-state index contributed by atoms with van der Waals surface area (Å²) in [5, 5.41) is 7.56. The van der Waals surface area contributed by atoms with E-state index in [-0.39, 0.29) is 19.0 Å². The van der Waals surface area contributed by atoms with E-state index in [1.54, 1.807) is 18.3 Å². The first-order valence-corrected chi connectivity index (χ1v) is 9.37. The fourth-order valence-corrected chi connectivity index (χ4v) is 3.93. The number of fused-ring (bicyclic) bond motifs is 1. The molecule has 3 heterocycles. The number of benzene rings is 1. The van der Waals surface area contributed by atoms with Crippen LogP contribution in [0, 0.1) is 5.92 Å². The maximum atomic E-state index is 12.9. The Morgan fingerprint density at radius 2 is 1.63 bits per heavy atom. The first-order valence-electron chi connectivity index (χ1n) is 8.61. The zero-order valence-electron chi connectivity index (χ0n) is 14.2. The maximum absolute atomic E-state index is 12.9. The number of hydrogen-bond donors (Lipinski definition) is 2. The molecular formula is C18H17Cl2F3N4. The molecule has 0 bridgehead atoms. The summed E-state index contributed by atoms with van der Waals surface area (Å²) in [6.45, 7) is 0.650. The van der Waals surface area contributed by atoms with Gasteiger partial charge in [0.1, 0.15) is 12.0 Å². The number of aromatic nitrogens is 1. The van der Waals surface area contributed by atoms with Crippen molar-refractivity contribution in [2.75, 3.05) is 28.6 Å². The summed E-state index contributed by atoms with van der Waals surface area (Å²) in [5.74, 6) is -0.551. The van der Waals surface area contributed by atoms with Gasteiger partial charge in [-0.2, -0.15) is 13.2 Å². The highest BCUT2D eigenvalue weighted by Crippen LogP contribution is 2.42. The van der Waals surface area contributed by atoms with Gasteiger partial charge < -0.3 is 15.5 Å². The van der Waals surface area contributed by atoms with Gasteiger partial charge in [0.2, 0.25) is 0 Å². The summed E-state index contributed by atoms with van der Waals surface area (Å²) in [7, 11) is 0. The van der Waals surface area contributed by atoms with E-state index in [9.17, 15) is 13.2 Å². The summed E-state index contributed by atoms with van der Waals surface area (Å²) < 4.78 is 38.8. The van der Waals surface area contributed by atoms with Crippen LogP contribution in [0.25, 0.3) is 0 Å². The third-order valence-corrected chi connectivity index (χ3v) is 5.77. The monoisotopic (exact) mass is 416 g/mol. The van der Waals surface area contributed by atoms with E-state index in [1.807, 2.05) is 17.0 Å². The Labute approximate surface area is 164 Å². The van der Waals surface area contributed by atoms with Gasteiger partial charge in [0, 0.05) is 24.8 Å². The minimum absolute atomic E-state index is 0.0798. The average molecular weight is 417 g/mol. The predicted octanol–water partition coefficient (Wildman–Crippen LogP) is 5.70. The molecular weight excluding hydrogens is 400 g/mol. The quantitative estimate of drug-likeness (QED) is 0.658. The zero-order valence-corrected chi connectivity index (χ0v) is 15.7. The minimum Gasteiger partial charge on any atom is -0.360 e. The zero-order chi connectivity index (χ0) is 19.2. The van der Waals surface area contributed by atoms with Gasteiger partial charge in [0.15, 0.2) is 0 Å². The van der Waals surface area contributed by atoms with Crippen molar-refractivity contribution in [1.82, 2.24) is 4.98 Å². The summed E-state index contributed by atoms with van der Waals surface area (Å²) in [6, 6.07) is 7.22. The number of nitrogens with one attached hydrogen (secondary N) is 2. The van der Waals surface area contributed by atoms with Gasteiger partial charge in [-0.1, -0.05) is 23.2 Å². The molecule has 0 aliphatic carbocycles. The van der Waals surface area contributed by atoms with Crippen LogP contribution < -0.4 is 15.5 Å². The minimum atomic E-state index is -4.13. The number of pyridine rings is 1. The van der Waals surface area contributed by atoms with E-state index < -0.39 is 12.1 Å². The van der Waals surface area contributed by atoms with Crippen molar-refractivity contribution in [3.05, 3.63) is 46.1 Å². The van der Waals surface area contributed by atoms with Crippen LogP contribution in [-0.2, 0) is 0 Å². The highest BCUT2D eigenvalue weighted by Gasteiger charge is 2.41. The molecule has 4 nitrogen and oxygen atoms in total. The SMILES string of the molecule is FC(F)(F)C1CCN(c2ncccc2C2Nc3cc(Cl)c(Cl)cc3N2)CC1. The molecule has 4 rings (SSSR count). The van der Waals surface area contributed by atoms with Gasteiger partial charge in [-0.05, 0) is 37.1 Å². The van der Waals surface area contributed by atoms with Crippen molar-refractivity contribution in [1.29, 1.82) is 0 Å². The standard InChI is InChI=1S/C18H17Cl2F3N4/c19-12-8-14-15(9-13(12)20)26-16(25-14)11-2-1-5-24-17(11)27-6-3-10(4-7-27)18(21,22)23/h1-2,5,8-10,16,25-26H,3-4,6-7H2. The van der Waals surface area contributed by atoms with Crippen molar-refractivity contribution < 1.29 is 13.2 Å². The highest BCUT2D eigenvalue weighted by molar-refractivity contribution is 6.42. The lowest BCUT2D eigenvalue weighted by Gasteiger charge is -2.35. The second-order valence-electron chi connectivity index (χ2n) is 6.75. The molecule has 1 saturated heterocycles. The van der Waals surface area contributed by atoms with Crippen molar-refractivity contribution in [2.24, 2.45) is 5.92 Å². The van der Waals surface area contributed by atoms with Crippen molar-refractivity contribution in [2.45, 2.75) is 25.2 Å². The van der Waals surface area contributed by atoms with Crippen LogP contribution in [0.4, 0.5) is 30.4 Å². The average Bonchev–Trinajstić information content (AvgIpc) is 3.04. The van der Waals surface area contributed by atoms with Crippen molar-refractivity contribution >= 4 is 40.4 Å². The van der Waals surface area contributed by atoms with Crippen LogP contribution in [0.3, 0.4) is 0 Å². The van der Waals surface area contributed by atoms with Crippen LogP contribution in [0.1, 0.15) is 24.6 Å². The lowest BCUT2D eigenvalue weighted by Crippen LogP contribution is -2.40. The number of nitrogens with zero attached hydrogens (tertiary/aromatic N) is 2. The van der Waals surface area contributed by atoms with Gasteiger partial charge in [-0.25, -0.2) is 4.98 Å². The van der Waals surface area contributed by atoms with Gasteiger partial charge >= 0.3 is 6.18 Å². The Hall–Kier alpha value is -1.86. The van der Waals surface area contributed by atoms with Gasteiger partial charge in [0.25, 0.3) is 0 Å². The highest BCUT2D eigenvalue weighted by atomic mass is 35.5. The van der Waals surface area contributed by atoms with Crippen molar-refractivity contribution in [3.63, 3.8) is 0 Å². The molecule has 1 fully saturated rings. The lowest BCUT2D eigenvalue weighted by molar-refractivity contribution is -0.179. The smallest absolute Gasteiger partial charge is 0.360 e. The Balaban J connectivity index is 1.55. The molecule has 2 aliphatic rings. The topological polar surface area (TPSA) is 40.2 Å². The van der Waals surface area contributed by atoms with Crippen LogP contribution in [0.2, 0.25) is 10.0 Å². The summed E-state index contributed by atoms with van der Waals surface area (Å²) >= 11 is 12.2. The Bertz CT molecular complexity index is 820. The summed E-state index contributed by atoms with van der Waals surface area (Å²) in [6.07, 6.45) is -2.58. The second kappa shape index (κ2) is 6.95. The number of halogens is 5. The molecule has 2 aromatic rings. The van der Waals surface area contributed by atoms with E-state index in [4.69, 9.17) is 23.2 Å². The molecule has 2 N–H and O–H groups in total. The molecule has 1 aromatic heterocycles. The predicted molar refractivity (Wildman–Crippen MR) is 102 cm³/mol. The molecule has 2 aliphatic heterocycles. The number of hydrogen-bond acceptors (Lipinski definition) is 4. The van der Waals surface area contributed by atoms with E-state index in [0.29, 0.717) is 29.0 Å². The molecule has 0 saturated carbocycles. The lowest BCUT2D eigenvalue weighted by atomic mass is 9.96. The first kappa shape index (κ1) is 18.5. The fourth-order valence-electron chi connectivity index (χ4n) is 3.61. The molecule has 0 atom stereocenters. The Kier molecular flexibility index (Phi) is 4.76. The largest absolute Gasteiger partial charge is 0.391 e. The number of anilines is 3. The number of rotatable bonds is 2. The van der Waals surface area contributed by atoms with Gasteiger partial charge in [0.05, 0.1) is 27.3 Å². The summed E-state index contributed by atoms with van der Waals surface area (Å²) in [4.78, 5) is 6.37. The van der Waals surface area contributed by atoms with Crippen molar-refractivity contribution in [3.8, 4) is 0 Å². The second-order valence-corrected chi connectivity index (χ2v) is 7.57. The van der Waals surface area contributed by atoms with E-state index in [2.05, 4.69) is 15.6 Å². The van der Waals surface area contributed by atoms with Gasteiger partial charge in [-0.15, -0.1) is 0 Å². The third-order valence-electron chi connectivity index (χ3n) is 5.05. The van der Waals surface area contributed by atoms with E-state index >= 15 is 0 Å². The van der Waals surface area contributed by atoms with E-state index in [0.717, 1.165) is 16.9 Å². The van der Waals surface area contributed by atoms with E-state index in [1.165, 1.54) is 0 Å². The molecule has 9 heteroatoms. The van der Waals surface area contributed by atoms with Crippen LogP contribution in [-0.4, -0.2) is 24.2 Å². The normalized spacial score (nSPS) is 18.2. The van der Waals surface area contributed by atoms with Crippen LogP contribution >= 0.6 is 23.2 Å². The molecule has 144 valence electrons.